The van der Waals surface area contributed by atoms with Gasteiger partial charge in [0.05, 0.1) is 6.21 Å². The molecule has 1 amide bonds. The number of terminal acetylenes is 1. The van der Waals surface area contributed by atoms with Crippen LogP contribution >= 0.6 is 11.6 Å². The summed E-state index contributed by atoms with van der Waals surface area (Å²) in [6.45, 7) is 1.86. The van der Waals surface area contributed by atoms with Crippen LogP contribution in [0.3, 0.4) is 0 Å². The molecular weight excluding hydrogens is 340 g/mol. The molecule has 0 aliphatic rings. The molecule has 0 bridgehead atoms. The fourth-order valence-electron chi connectivity index (χ4n) is 1.90. The first-order valence-electron chi connectivity index (χ1n) is 7.46. The lowest BCUT2D eigenvalue weighted by Gasteiger charge is -2.07. The van der Waals surface area contributed by atoms with E-state index < -0.39 is 0 Å². The van der Waals surface area contributed by atoms with Crippen molar-refractivity contribution >= 4 is 23.7 Å². The molecule has 1 N–H and O–H groups in total. The van der Waals surface area contributed by atoms with Crippen LogP contribution in [0, 0.1) is 19.3 Å². The zero-order valence-corrected chi connectivity index (χ0v) is 14.4. The number of carbonyl (C=O) groups is 1. The number of benzene rings is 2. The third-order valence-electron chi connectivity index (χ3n) is 3.12. The Bertz CT molecular complexity index is 813. The van der Waals surface area contributed by atoms with Gasteiger partial charge < -0.3 is 9.47 Å². The van der Waals surface area contributed by atoms with E-state index in [2.05, 4.69) is 16.4 Å². The Morgan fingerprint density at radius 2 is 2.12 bits per heavy atom. The summed E-state index contributed by atoms with van der Waals surface area (Å²) in [6, 6.07) is 12.4. The van der Waals surface area contributed by atoms with E-state index in [0.29, 0.717) is 22.1 Å². The smallest absolute Gasteiger partial charge is 0.277 e. The van der Waals surface area contributed by atoms with E-state index in [0.717, 1.165) is 5.56 Å². The number of hydrogen-bond donors (Lipinski definition) is 1. The molecule has 0 aromatic heterocycles. The average Bonchev–Trinajstić information content (AvgIpc) is 2.62. The molecule has 25 heavy (non-hydrogen) atoms. The highest BCUT2D eigenvalue weighted by Crippen LogP contribution is 2.20. The number of carbonyl (C=O) groups excluding carboxylic acids is 1. The van der Waals surface area contributed by atoms with Crippen LogP contribution < -0.4 is 14.9 Å². The molecule has 2 aromatic rings. The van der Waals surface area contributed by atoms with E-state index in [1.54, 1.807) is 30.3 Å². The van der Waals surface area contributed by atoms with Gasteiger partial charge in [0.1, 0.15) is 18.1 Å². The molecule has 0 fully saturated rings. The summed E-state index contributed by atoms with van der Waals surface area (Å²) in [5.74, 6) is 3.17. The number of para-hydroxylation sites is 1. The molecule has 0 spiro atoms. The molecule has 0 saturated carbocycles. The van der Waals surface area contributed by atoms with E-state index in [1.807, 2.05) is 19.1 Å². The normalized spacial score (nSPS) is 10.3. The van der Waals surface area contributed by atoms with E-state index in [-0.39, 0.29) is 19.1 Å². The maximum Gasteiger partial charge on any atom is 0.277 e. The number of amides is 1. The highest BCUT2D eigenvalue weighted by atomic mass is 35.5. The number of halogens is 1. The fraction of sp³-hybridized carbons (Fsp3) is 0.158. The maximum atomic E-state index is 11.8. The molecule has 0 heterocycles. The quantitative estimate of drug-likeness (QED) is 0.471. The van der Waals surface area contributed by atoms with Gasteiger partial charge in [0, 0.05) is 10.6 Å². The third kappa shape index (κ3) is 5.87. The molecule has 128 valence electrons. The number of hydrazone groups is 1. The topological polar surface area (TPSA) is 59.9 Å². The van der Waals surface area contributed by atoms with Gasteiger partial charge in [-0.3, -0.25) is 4.79 Å². The van der Waals surface area contributed by atoms with Crippen molar-refractivity contribution in [2.24, 2.45) is 5.10 Å². The second-order valence-electron chi connectivity index (χ2n) is 5.02. The number of nitrogens with zero attached hydrogens (tertiary/aromatic N) is 1. The highest BCUT2D eigenvalue weighted by Gasteiger charge is 2.04. The van der Waals surface area contributed by atoms with Crippen molar-refractivity contribution in [1.82, 2.24) is 5.43 Å². The number of aryl methyl sites for hydroxylation is 1. The molecule has 0 aliphatic carbocycles. The molecule has 0 saturated heterocycles. The van der Waals surface area contributed by atoms with E-state index in [4.69, 9.17) is 27.5 Å². The minimum atomic E-state index is -0.383. The van der Waals surface area contributed by atoms with Crippen molar-refractivity contribution in [3.8, 4) is 23.8 Å². The van der Waals surface area contributed by atoms with E-state index in [1.165, 1.54) is 6.21 Å². The van der Waals surface area contributed by atoms with Crippen molar-refractivity contribution in [3.63, 3.8) is 0 Å². The third-order valence-corrected chi connectivity index (χ3v) is 3.55. The zero-order chi connectivity index (χ0) is 18.1. The predicted octanol–water partition coefficient (Wildman–Crippen LogP) is 3.19. The van der Waals surface area contributed by atoms with Crippen LogP contribution in [0.5, 0.6) is 11.5 Å². The molecular formula is C19H17ClN2O3. The molecule has 2 aromatic carbocycles. The minimum Gasteiger partial charge on any atom is -0.484 e. The van der Waals surface area contributed by atoms with Crippen LogP contribution in [0.4, 0.5) is 0 Å². The van der Waals surface area contributed by atoms with Crippen LogP contribution in [0.25, 0.3) is 0 Å². The Labute approximate surface area is 151 Å². The molecule has 0 radical (unpaired) electrons. The summed E-state index contributed by atoms with van der Waals surface area (Å²) < 4.78 is 10.8. The molecule has 0 aliphatic heterocycles. The monoisotopic (exact) mass is 356 g/mol. The Morgan fingerprint density at radius 3 is 2.88 bits per heavy atom. The number of nitrogens with one attached hydrogen (secondary N) is 1. The number of ether oxygens (including phenoxy) is 2. The van der Waals surface area contributed by atoms with Crippen LogP contribution in [-0.4, -0.2) is 25.3 Å². The van der Waals surface area contributed by atoms with Crippen LogP contribution in [-0.2, 0) is 4.79 Å². The van der Waals surface area contributed by atoms with Gasteiger partial charge in [-0.25, -0.2) is 5.43 Å². The Hall–Kier alpha value is -2.97. The average molecular weight is 357 g/mol. The van der Waals surface area contributed by atoms with Crippen molar-refractivity contribution in [2.45, 2.75) is 6.92 Å². The molecule has 2 rings (SSSR count). The summed E-state index contributed by atoms with van der Waals surface area (Å²) >= 11 is 5.94. The summed E-state index contributed by atoms with van der Waals surface area (Å²) in [4.78, 5) is 11.8. The van der Waals surface area contributed by atoms with Gasteiger partial charge in [-0.15, -0.1) is 6.42 Å². The predicted molar refractivity (Wildman–Crippen MR) is 98.2 cm³/mol. The Balaban J connectivity index is 1.86. The lowest BCUT2D eigenvalue weighted by atomic mass is 10.2. The molecule has 5 nitrogen and oxygen atoms in total. The molecule has 6 heteroatoms. The molecule has 0 unspecified atom stereocenters. The van der Waals surface area contributed by atoms with Crippen molar-refractivity contribution < 1.29 is 14.3 Å². The largest absolute Gasteiger partial charge is 0.484 e. The summed E-state index contributed by atoms with van der Waals surface area (Å²) in [6.07, 6.45) is 6.66. The van der Waals surface area contributed by atoms with Crippen LogP contribution in [0.15, 0.2) is 47.6 Å². The van der Waals surface area contributed by atoms with Gasteiger partial charge in [-0.2, -0.15) is 5.10 Å². The summed E-state index contributed by atoms with van der Waals surface area (Å²) in [7, 11) is 0. The van der Waals surface area contributed by atoms with Gasteiger partial charge in [-0.1, -0.05) is 29.7 Å². The first kappa shape index (κ1) is 18.4. The number of rotatable bonds is 7. The van der Waals surface area contributed by atoms with Crippen molar-refractivity contribution in [2.75, 3.05) is 13.2 Å². The van der Waals surface area contributed by atoms with E-state index >= 15 is 0 Å². The lowest BCUT2D eigenvalue weighted by molar-refractivity contribution is -0.123. The second-order valence-corrected chi connectivity index (χ2v) is 5.43. The Kier molecular flexibility index (Phi) is 6.87. The lowest BCUT2D eigenvalue weighted by Crippen LogP contribution is -2.24. The Morgan fingerprint density at radius 1 is 1.32 bits per heavy atom. The summed E-state index contributed by atoms with van der Waals surface area (Å²) in [5, 5.41) is 4.54. The van der Waals surface area contributed by atoms with Gasteiger partial charge in [0.25, 0.3) is 5.91 Å². The second kappa shape index (κ2) is 9.36. The van der Waals surface area contributed by atoms with Crippen molar-refractivity contribution in [1.29, 1.82) is 0 Å². The SMILES string of the molecule is C#CCOc1ccccc1/C=N\NC(=O)COc1ccc(Cl)c(C)c1. The minimum absolute atomic E-state index is 0.158. The standard InChI is InChI=1S/C19H17ClN2O3/c1-3-10-24-18-7-5-4-6-15(18)12-21-22-19(23)13-25-16-8-9-17(20)14(2)11-16/h1,4-9,11-12H,10,13H2,2H3,(H,22,23)/b21-12-. The first-order chi connectivity index (χ1) is 12.1. The van der Waals surface area contributed by atoms with Gasteiger partial charge >= 0.3 is 0 Å². The first-order valence-corrected chi connectivity index (χ1v) is 7.84. The fourth-order valence-corrected chi connectivity index (χ4v) is 2.02. The van der Waals surface area contributed by atoms with Gasteiger partial charge in [0.2, 0.25) is 0 Å². The highest BCUT2D eigenvalue weighted by molar-refractivity contribution is 6.31. The van der Waals surface area contributed by atoms with Gasteiger partial charge in [0.15, 0.2) is 6.61 Å². The van der Waals surface area contributed by atoms with E-state index in [9.17, 15) is 4.79 Å². The zero-order valence-electron chi connectivity index (χ0n) is 13.7. The maximum absolute atomic E-state index is 11.8. The van der Waals surface area contributed by atoms with Crippen LogP contribution in [0.1, 0.15) is 11.1 Å². The molecule has 0 atom stereocenters. The van der Waals surface area contributed by atoms with Crippen molar-refractivity contribution in [3.05, 3.63) is 58.6 Å². The number of hydrogen-bond acceptors (Lipinski definition) is 4. The summed E-state index contributed by atoms with van der Waals surface area (Å²) in [5.41, 5.74) is 3.97. The van der Waals surface area contributed by atoms with Gasteiger partial charge in [-0.05, 0) is 42.8 Å². The van der Waals surface area contributed by atoms with Crippen LogP contribution in [0.2, 0.25) is 5.02 Å².